The van der Waals surface area contributed by atoms with E-state index in [2.05, 4.69) is 47.6 Å². The Kier molecular flexibility index (Phi) is 6.98. The maximum atomic E-state index is 15.0. The number of hydrogen-bond donors (Lipinski definition) is 1. The van der Waals surface area contributed by atoms with E-state index in [1.807, 2.05) is 29.5 Å². The number of aromatic nitrogens is 6. The van der Waals surface area contributed by atoms with Crippen molar-refractivity contribution in [1.82, 2.24) is 39.1 Å². The van der Waals surface area contributed by atoms with Crippen LogP contribution in [0.4, 0.5) is 21.8 Å². The first-order valence-corrected chi connectivity index (χ1v) is 12.0. The summed E-state index contributed by atoms with van der Waals surface area (Å²) in [7, 11) is 5.62. The van der Waals surface area contributed by atoms with Crippen molar-refractivity contribution in [1.29, 1.82) is 0 Å². The smallest absolute Gasteiger partial charge is 0.246 e. The summed E-state index contributed by atoms with van der Waals surface area (Å²) in [6.07, 6.45) is 5.36. The second-order valence-electron chi connectivity index (χ2n) is 10.4. The van der Waals surface area contributed by atoms with Crippen molar-refractivity contribution >= 4 is 34.5 Å². The van der Waals surface area contributed by atoms with Gasteiger partial charge < -0.3 is 24.6 Å². The van der Waals surface area contributed by atoms with Gasteiger partial charge in [-0.15, -0.1) is 0 Å². The van der Waals surface area contributed by atoms with Crippen LogP contribution in [0, 0.1) is 0 Å². The summed E-state index contributed by atoms with van der Waals surface area (Å²) < 4.78 is 18.8. The quantitative estimate of drug-likeness (QED) is 0.472. The predicted molar refractivity (Wildman–Crippen MR) is 138 cm³/mol. The van der Waals surface area contributed by atoms with E-state index in [9.17, 15) is 9.18 Å². The number of carbonyl (C=O) groups is 1. The molecule has 1 aliphatic heterocycles. The van der Waals surface area contributed by atoms with E-state index in [0.717, 1.165) is 18.8 Å². The van der Waals surface area contributed by atoms with Gasteiger partial charge in [-0.3, -0.25) is 9.48 Å². The molecule has 0 saturated carbocycles. The highest BCUT2D eigenvalue weighted by Crippen LogP contribution is 2.30. The summed E-state index contributed by atoms with van der Waals surface area (Å²) in [5.74, 6) is 0.570. The lowest BCUT2D eigenvalue weighted by atomic mass is 10.1. The number of alkyl halides is 1. The molecule has 1 aliphatic rings. The molecule has 0 radical (unpaired) electrons. The molecule has 12 heteroatoms. The van der Waals surface area contributed by atoms with Gasteiger partial charge in [-0.2, -0.15) is 15.1 Å². The molecule has 0 aliphatic carbocycles. The summed E-state index contributed by atoms with van der Waals surface area (Å²) in [5.41, 5.74) is 1.75. The zero-order chi connectivity index (χ0) is 26.2. The molecule has 1 fully saturated rings. The van der Waals surface area contributed by atoms with Gasteiger partial charge in [0, 0.05) is 31.9 Å². The number of rotatable bonds is 8. The van der Waals surface area contributed by atoms with Crippen LogP contribution in [0.3, 0.4) is 0 Å². The van der Waals surface area contributed by atoms with E-state index in [1.165, 1.54) is 11.0 Å². The molecule has 2 unspecified atom stereocenters. The number of anilines is 3. The normalized spacial score (nSPS) is 18.3. The van der Waals surface area contributed by atoms with Crippen LogP contribution in [0.2, 0.25) is 0 Å². The number of hydrogen-bond acceptors (Lipinski definition) is 8. The van der Waals surface area contributed by atoms with Crippen molar-refractivity contribution < 1.29 is 9.18 Å². The summed E-state index contributed by atoms with van der Waals surface area (Å²) in [4.78, 5) is 31.5. The van der Waals surface area contributed by atoms with Crippen molar-refractivity contribution in [2.24, 2.45) is 0 Å². The molecule has 0 aromatic carbocycles. The van der Waals surface area contributed by atoms with Gasteiger partial charge >= 0.3 is 0 Å². The standard InChI is InChI=1S/C24H35FN10O/c1-8-19(36)32(7)18-14-33(13-17(18)25)23-29-21(20-22(30-23)35(15-26-20)24(2,3)4)28-16-11-27-34(12-16)10-9-31(5)6/h8,11-12,15,17-18H,1,9-10,13-14H2,2-7H3,(H,28,29,30). The molecule has 1 saturated heterocycles. The third kappa shape index (κ3) is 5.18. The van der Waals surface area contributed by atoms with Gasteiger partial charge in [0.2, 0.25) is 11.9 Å². The Hall–Kier alpha value is -3.54. The van der Waals surface area contributed by atoms with Crippen LogP contribution in [0.1, 0.15) is 20.8 Å². The molecular formula is C24H35FN10O. The molecule has 194 valence electrons. The fourth-order valence-corrected chi connectivity index (χ4v) is 4.18. The molecule has 36 heavy (non-hydrogen) atoms. The van der Waals surface area contributed by atoms with E-state index >= 15 is 0 Å². The van der Waals surface area contributed by atoms with Crippen molar-refractivity contribution in [3.63, 3.8) is 0 Å². The minimum absolute atomic E-state index is 0.0799. The summed E-state index contributed by atoms with van der Waals surface area (Å²) in [6.45, 7) is 11.7. The number of fused-ring (bicyclic) bond motifs is 1. The number of imidazole rings is 1. The monoisotopic (exact) mass is 498 g/mol. The van der Waals surface area contributed by atoms with Gasteiger partial charge in [0.1, 0.15) is 6.17 Å². The maximum Gasteiger partial charge on any atom is 0.246 e. The summed E-state index contributed by atoms with van der Waals surface area (Å²) >= 11 is 0. The Morgan fingerprint density at radius 3 is 2.69 bits per heavy atom. The third-order valence-electron chi connectivity index (χ3n) is 6.30. The Morgan fingerprint density at radius 1 is 1.28 bits per heavy atom. The first-order chi connectivity index (χ1) is 17.0. The SMILES string of the molecule is C=CC(=O)N(C)C1CN(c2nc(Nc3cnn(CCN(C)C)c3)c3ncn(C(C)(C)C)c3n2)CC1F. The maximum absolute atomic E-state index is 15.0. The van der Waals surface area contributed by atoms with Crippen molar-refractivity contribution in [3.05, 3.63) is 31.4 Å². The van der Waals surface area contributed by atoms with Crippen LogP contribution in [-0.2, 0) is 16.9 Å². The van der Waals surface area contributed by atoms with E-state index in [0.29, 0.717) is 22.9 Å². The van der Waals surface area contributed by atoms with Gasteiger partial charge in [-0.05, 0) is 40.9 Å². The molecule has 2 atom stereocenters. The van der Waals surface area contributed by atoms with Gasteiger partial charge in [0.25, 0.3) is 0 Å². The van der Waals surface area contributed by atoms with Gasteiger partial charge in [-0.1, -0.05) is 6.58 Å². The van der Waals surface area contributed by atoms with Gasteiger partial charge in [0.15, 0.2) is 17.0 Å². The molecule has 4 heterocycles. The van der Waals surface area contributed by atoms with Gasteiger partial charge in [-0.25, -0.2) is 9.37 Å². The number of amides is 1. The number of halogens is 1. The fraction of sp³-hybridized carbons (Fsp3) is 0.542. The Balaban J connectivity index is 1.69. The van der Waals surface area contributed by atoms with Crippen LogP contribution in [0.5, 0.6) is 0 Å². The van der Waals surface area contributed by atoms with Crippen LogP contribution in [0.15, 0.2) is 31.4 Å². The largest absolute Gasteiger partial charge is 0.336 e. The molecule has 11 nitrogen and oxygen atoms in total. The second kappa shape index (κ2) is 9.84. The molecule has 4 rings (SSSR count). The highest BCUT2D eigenvalue weighted by molar-refractivity contribution is 5.88. The number of nitrogens with one attached hydrogen (secondary N) is 1. The Labute approximate surface area is 210 Å². The van der Waals surface area contributed by atoms with Crippen molar-refractivity contribution in [2.45, 2.75) is 45.1 Å². The number of nitrogens with zero attached hydrogens (tertiary/aromatic N) is 9. The molecular weight excluding hydrogens is 463 g/mol. The average Bonchev–Trinajstić information content (AvgIpc) is 3.54. The minimum atomic E-state index is -1.24. The average molecular weight is 499 g/mol. The van der Waals surface area contributed by atoms with Crippen LogP contribution >= 0.6 is 0 Å². The molecule has 1 N–H and O–H groups in total. The fourth-order valence-electron chi connectivity index (χ4n) is 4.18. The van der Waals surface area contributed by atoms with E-state index in [-0.39, 0.29) is 24.5 Å². The molecule has 3 aromatic rings. The van der Waals surface area contributed by atoms with Crippen LogP contribution in [-0.4, -0.2) is 98.0 Å². The topological polar surface area (TPSA) is 100 Å². The molecule has 0 spiro atoms. The molecule has 0 bridgehead atoms. The lowest BCUT2D eigenvalue weighted by molar-refractivity contribution is -0.127. The van der Waals surface area contributed by atoms with E-state index in [4.69, 9.17) is 9.97 Å². The number of carbonyl (C=O) groups excluding carboxylic acids is 1. The Morgan fingerprint density at radius 2 is 2.03 bits per heavy atom. The van der Waals surface area contributed by atoms with Gasteiger partial charge in [0.05, 0.1) is 37.3 Å². The number of likely N-dealkylation sites (N-methyl/N-ethyl adjacent to an activating group) is 2. The van der Waals surface area contributed by atoms with E-state index in [1.54, 1.807) is 24.5 Å². The lowest BCUT2D eigenvalue weighted by Gasteiger charge is -2.25. The van der Waals surface area contributed by atoms with E-state index < -0.39 is 12.2 Å². The zero-order valence-corrected chi connectivity index (χ0v) is 21.8. The highest BCUT2D eigenvalue weighted by Gasteiger charge is 2.38. The molecule has 3 aromatic heterocycles. The zero-order valence-electron chi connectivity index (χ0n) is 21.8. The Bertz CT molecular complexity index is 1240. The second-order valence-corrected chi connectivity index (χ2v) is 10.4. The molecule has 1 amide bonds. The van der Waals surface area contributed by atoms with Crippen molar-refractivity contribution in [2.75, 3.05) is 51.0 Å². The first-order valence-electron chi connectivity index (χ1n) is 12.0. The van der Waals surface area contributed by atoms with Crippen molar-refractivity contribution in [3.8, 4) is 0 Å². The lowest BCUT2D eigenvalue weighted by Crippen LogP contribution is -2.42. The summed E-state index contributed by atoms with van der Waals surface area (Å²) in [5, 5.41) is 7.76. The third-order valence-corrected chi connectivity index (χ3v) is 6.30. The minimum Gasteiger partial charge on any atom is -0.336 e. The van der Waals surface area contributed by atoms with Crippen LogP contribution < -0.4 is 10.2 Å². The predicted octanol–water partition coefficient (Wildman–Crippen LogP) is 2.25. The van der Waals surface area contributed by atoms with Crippen LogP contribution in [0.25, 0.3) is 11.2 Å². The summed E-state index contributed by atoms with van der Waals surface area (Å²) in [6, 6.07) is -0.617. The first kappa shape index (κ1) is 25.5. The highest BCUT2D eigenvalue weighted by atomic mass is 19.1.